The fraction of sp³-hybridized carbons (Fsp3) is 0.316. The number of benzene rings is 1. The average Bonchev–Trinajstić information content (AvgIpc) is 2.69. The van der Waals surface area contributed by atoms with Gasteiger partial charge in [-0.1, -0.05) is 6.07 Å². The number of nitrogens with zero attached hydrogens (tertiary/aromatic N) is 2. The third-order valence-corrected chi connectivity index (χ3v) is 4.38. The number of aromatic nitrogens is 1. The maximum Gasteiger partial charge on any atom is 0.345 e. The van der Waals surface area contributed by atoms with Crippen LogP contribution in [0.4, 0.5) is 11.4 Å². The van der Waals surface area contributed by atoms with Crippen molar-refractivity contribution in [3.05, 3.63) is 56.0 Å². The quantitative estimate of drug-likeness (QED) is 0.236. The minimum atomic E-state index is -0.970. The van der Waals surface area contributed by atoms with Gasteiger partial charge in [0.05, 0.1) is 23.7 Å². The van der Waals surface area contributed by atoms with E-state index in [2.05, 4.69) is 0 Å². The van der Waals surface area contributed by atoms with E-state index >= 15 is 0 Å². The third-order valence-electron chi connectivity index (χ3n) is 4.38. The average molecular weight is 419 g/mol. The second kappa shape index (κ2) is 8.74. The minimum Gasteiger partial charge on any atom is -0.618 e. The van der Waals surface area contributed by atoms with Gasteiger partial charge in [-0.15, -0.1) is 0 Å². The third kappa shape index (κ3) is 3.87. The molecule has 0 bridgehead atoms. The van der Waals surface area contributed by atoms with Crippen LogP contribution in [-0.2, 0) is 9.47 Å². The largest absolute Gasteiger partial charge is 0.618 e. The van der Waals surface area contributed by atoms with Crippen molar-refractivity contribution >= 4 is 23.3 Å². The Hall–Kier alpha value is -3.73. The fourth-order valence-electron chi connectivity index (χ4n) is 3.12. The van der Waals surface area contributed by atoms with E-state index in [4.69, 9.17) is 9.47 Å². The standard InChI is InChI=1S/C19H21N3O8/c1-9(2)30-19(24)15-11(4)21(26)10(3)14(18(23)29-5)16(15)12-7-6-8-13(20-25)17(12)22(27)28/h6-9,20,25H,1-5H3. The molecular formula is C19H21N3O8. The van der Waals surface area contributed by atoms with Crippen molar-refractivity contribution in [3.63, 3.8) is 0 Å². The first-order valence-corrected chi connectivity index (χ1v) is 8.80. The van der Waals surface area contributed by atoms with Gasteiger partial charge in [-0.25, -0.2) is 9.59 Å². The zero-order valence-electron chi connectivity index (χ0n) is 17.0. The van der Waals surface area contributed by atoms with Gasteiger partial charge in [0.1, 0.15) is 16.8 Å². The zero-order valence-corrected chi connectivity index (χ0v) is 17.0. The molecular weight excluding hydrogens is 398 g/mol. The Labute approximate surface area is 171 Å². The lowest BCUT2D eigenvalue weighted by atomic mass is 9.91. The van der Waals surface area contributed by atoms with Crippen molar-refractivity contribution in [1.82, 2.24) is 0 Å². The lowest BCUT2D eigenvalue weighted by Gasteiger charge is -2.19. The minimum absolute atomic E-state index is 0.113. The summed E-state index contributed by atoms with van der Waals surface area (Å²) < 4.78 is 10.4. The van der Waals surface area contributed by atoms with E-state index < -0.39 is 28.7 Å². The topological polar surface area (TPSA) is 155 Å². The van der Waals surface area contributed by atoms with Crippen molar-refractivity contribution < 1.29 is 33.9 Å². The summed E-state index contributed by atoms with van der Waals surface area (Å²) in [5.41, 5.74) is -0.398. The molecule has 0 atom stereocenters. The van der Waals surface area contributed by atoms with Crippen LogP contribution in [0.25, 0.3) is 11.1 Å². The van der Waals surface area contributed by atoms with Gasteiger partial charge in [0.25, 0.3) is 0 Å². The Bertz CT molecular complexity index is 1030. The summed E-state index contributed by atoms with van der Waals surface area (Å²) in [7, 11) is 1.08. The first-order chi connectivity index (χ1) is 14.1. The molecule has 160 valence electrons. The van der Waals surface area contributed by atoms with Gasteiger partial charge in [-0.05, 0) is 26.0 Å². The summed E-state index contributed by atoms with van der Waals surface area (Å²) in [5, 5.41) is 33.8. The summed E-state index contributed by atoms with van der Waals surface area (Å²) in [5.74, 6) is -1.91. The molecule has 0 saturated heterocycles. The number of nitrogens with one attached hydrogen (secondary N) is 1. The molecule has 0 spiro atoms. The molecule has 1 aromatic carbocycles. The Kier molecular flexibility index (Phi) is 6.57. The summed E-state index contributed by atoms with van der Waals surface area (Å²) in [4.78, 5) is 36.4. The molecule has 0 aliphatic heterocycles. The fourth-order valence-corrected chi connectivity index (χ4v) is 3.12. The van der Waals surface area contributed by atoms with Gasteiger partial charge >= 0.3 is 17.6 Å². The monoisotopic (exact) mass is 419 g/mol. The number of nitro benzene ring substituents is 1. The number of esters is 2. The first kappa shape index (κ1) is 22.6. The number of carbonyl (C=O) groups excluding carboxylic acids is 2. The SMILES string of the molecule is COC(=O)c1c(-c2cccc(NO)c2[N+](=O)[O-])c(C(=O)OC(C)C)c(C)[n+]([O-])c1C. The smallest absolute Gasteiger partial charge is 0.345 e. The summed E-state index contributed by atoms with van der Waals surface area (Å²) in [6.45, 7) is 5.84. The van der Waals surface area contributed by atoms with E-state index in [1.165, 1.54) is 32.0 Å². The number of ether oxygens (including phenoxy) is 2. The highest BCUT2D eigenvalue weighted by Gasteiger charge is 2.37. The predicted molar refractivity (Wildman–Crippen MR) is 104 cm³/mol. The van der Waals surface area contributed by atoms with Crippen LogP contribution in [0.5, 0.6) is 0 Å². The summed E-state index contributed by atoms with van der Waals surface area (Å²) in [6, 6.07) is 3.91. The van der Waals surface area contributed by atoms with E-state index in [1.54, 1.807) is 19.3 Å². The lowest BCUT2D eigenvalue weighted by molar-refractivity contribution is -0.619. The van der Waals surface area contributed by atoms with E-state index in [0.717, 1.165) is 7.11 Å². The lowest BCUT2D eigenvalue weighted by Crippen LogP contribution is -2.39. The molecule has 0 saturated carbocycles. The van der Waals surface area contributed by atoms with E-state index in [1.807, 2.05) is 0 Å². The van der Waals surface area contributed by atoms with Crippen LogP contribution in [0.15, 0.2) is 18.2 Å². The van der Waals surface area contributed by atoms with Crippen LogP contribution < -0.4 is 10.2 Å². The first-order valence-electron chi connectivity index (χ1n) is 8.80. The number of nitro groups is 1. The number of para-hydroxylation sites is 1. The van der Waals surface area contributed by atoms with Crippen molar-refractivity contribution in [2.45, 2.75) is 33.8 Å². The van der Waals surface area contributed by atoms with Crippen LogP contribution in [0.2, 0.25) is 0 Å². The molecule has 0 aliphatic carbocycles. The highest BCUT2D eigenvalue weighted by atomic mass is 16.6. The normalized spacial score (nSPS) is 10.6. The number of pyridine rings is 1. The Morgan fingerprint density at radius 2 is 1.73 bits per heavy atom. The van der Waals surface area contributed by atoms with E-state index in [0.29, 0.717) is 4.73 Å². The molecule has 1 heterocycles. The van der Waals surface area contributed by atoms with E-state index in [9.17, 15) is 30.1 Å². The van der Waals surface area contributed by atoms with Gasteiger partial charge in [-0.2, -0.15) is 4.73 Å². The number of rotatable bonds is 6. The predicted octanol–water partition coefficient (Wildman–Crippen LogP) is 2.66. The molecule has 0 radical (unpaired) electrons. The second-order valence-corrected chi connectivity index (χ2v) is 6.61. The molecule has 11 nitrogen and oxygen atoms in total. The number of carbonyl (C=O) groups is 2. The molecule has 2 N–H and O–H groups in total. The number of hydrogen-bond acceptors (Lipinski definition) is 9. The molecule has 0 fully saturated rings. The van der Waals surface area contributed by atoms with Gasteiger partial charge in [0, 0.05) is 19.4 Å². The van der Waals surface area contributed by atoms with Crippen molar-refractivity contribution in [2.75, 3.05) is 12.6 Å². The number of hydrogen-bond donors (Lipinski definition) is 2. The van der Waals surface area contributed by atoms with Crippen LogP contribution >= 0.6 is 0 Å². The number of methoxy groups -OCH3 is 1. The van der Waals surface area contributed by atoms with Crippen LogP contribution in [0.3, 0.4) is 0 Å². The van der Waals surface area contributed by atoms with Crippen LogP contribution in [-0.4, -0.2) is 35.3 Å². The summed E-state index contributed by atoms with van der Waals surface area (Å²) >= 11 is 0. The second-order valence-electron chi connectivity index (χ2n) is 6.61. The molecule has 2 rings (SSSR count). The highest BCUT2D eigenvalue weighted by Crippen LogP contribution is 2.41. The molecule has 0 unspecified atom stereocenters. The van der Waals surface area contributed by atoms with Crippen LogP contribution in [0.1, 0.15) is 46.0 Å². The maximum atomic E-state index is 12.9. The van der Waals surface area contributed by atoms with Crippen molar-refractivity contribution in [3.8, 4) is 11.1 Å². The number of anilines is 1. The van der Waals surface area contributed by atoms with Crippen molar-refractivity contribution in [1.29, 1.82) is 0 Å². The Morgan fingerprint density at radius 3 is 2.20 bits per heavy atom. The molecule has 30 heavy (non-hydrogen) atoms. The van der Waals surface area contributed by atoms with E-state index in [-0.39, 0.29) is 39.3 Å². The molecule has 2 aromatic rings. The molecule has 0 amide bonds. The Balaban J connectivity index is 3.12. The Morgan fingerprint density at radius 1 is 1.17 bits per heavy atom. The maximum absolute atomic E-state index is 12.9. The zero-order chi connectivity index (χ0) is 22.7. The van der Waals surface area contributed by atoms with Gasteiger partial charge in [0.15, 0.2) is 0 Å². The summed E-state index contributed by atoms with van der Waals surface area (Å²) in [6.07, 6.45) is -0.562. The highest BCUT2D eigenvalue weighted by molar-refractivity contribution is 6.08. The van der Waals surface area contributed by atoms with Gasteiger partial charge in [-0.3, -0.25) is 20.8 Å². The van der Waals surface area contributed by atoms with Crippen LogP contribution in [0, 0.1) is 29.2 Å². The van der Waals surface area contributed by atoms with Crippen molar-refractivity contribution in [2.24, 2.45) is 0 Å². The molecule has 11 heteroatoms. The van der Waals surface area contributed by atoms with Gasteiger partial charge < -0.3 is 14.7 Å². The molecule has 1 aromatic heterocycles. The van der Waals surface area contributed by atoms with Gasteiger partial charge in [0.2, 0.25) is 11.4 Å². The molecule has 0 aliphatic rings.